The molecule has 0 spiro atoms. The summed E-state index contributed by atoms with van der Waals surface area (Å²) >= 11 is 0. The van der Waals surface area contributed by atoms with Gasteiger partial charge >= 0.3 is 12.1 Å². The lowest BCUT2D eigenvalue weighted by Gasteiger charge is -2.34. The van der Waals surface area contributed by atoms with E-state index in [1.165, 1.54) is 6.92 Å². The van der Waals surface area contributed by atoms with E-state index in [-0.39, 0.29) is 19.0 Å². The summed E-state index contributed by atoms with van der Waals surface area (Å²) in [6.45, 7) is 0.806. The van der Waals surface area contributed by atoms with Gasteiger partial charge in [-0.3, -0.25) is 4.90 Å². The molecule has 3 N–H and O–H groups in total. The second-order valence-corrected chi connectivity index (χ2v) is 4.66. The molecule has 1 saturated heterocycles. The lowest BCUT2D eigenvalue weighted by Crippen LogP contribution is -2.58. The van der Waals surface area contributed by atoms with Gasteiger partial charge in [0.2, 0.25) is 0 Å². The van der Waals surface area contributed by atoms with Crippen LogP contribution in [0.1, 0.15) is 13.3 Å². The lowest BCUT2D eigenvalue weighted by molar-refractivity contribution is -0.301. The van der Waals surface area contributed by atoms with Crippen LogP contribution in [0, 0.1) is 5.92 Å². The molecule has 1 heterocycles. The first-order valence-corrected chi connectivity index (χ1v) is 5.68. The average Bonchev–Trinajstić information content (AvgIpc) is 2.65. The van der Waals surface area contributed by atoms with Crippen molar-refractivity contribution >= 4 is 0 Å². The Kier molecular flexibility index (Phi) is 4.56. The van der Waals surface area contributed by atoms with Crippen molar-refractivity contribution in [1.29, 1.82) is 0 Å². The highest BCUT2D eigenvalue weighted by atomic mass is 19.4. The van der Waals surface area contributed by atoms with E-state index in [4.69, 9.17) is 5.73 Å². The number of alkyl halides is 5. The second-order valence-electron chi connectivity index (χ2n) is 4.66. The van der Waals surface area contributed by atoms with Gasteiger partial charge in [0.15, 0.2) is 0 Å². The van der Waals surface area contributed by atoms with Crippen molar-refractivity contribution in [2.45, 2.75) is 37.6 Å². The zero-order chi connectivity index (χ0) is 14.1. The van der Waals surface area contributed by atoms with Gasteiger partial charge in [0.25, 0.3) is 0 Å². The molecule has 0 saturated carbocycles. The largest absolute Gasteiger partial charge is 0.455 e. The summed E-state index contributed by atoms with van der Waals surface area (Å²) in [7, 11) is 0. The quantitative estimate of drug-likeness (QED) is 0.759. The first kappa shape index (κ1) is 15.6. The van der Waals surface area contributed by atoms with Gasteiger partial charge < -0.3 is 10.8 Å². The normalized spacial score (nSPS) is 26.3. The Bertz CT molecular complexity index is 282. The molecule has 3 unspecified atom stereocenters. The maximum Gasteiger partial charge on any atom is 0.455 e. The van der Waals surface area contributed by atoms with Crippen molar-refractivity contribution in [3.63, 3.8) is 0 Å². The first-order chi connectivity index (χ1) is 8.11. The summed E-state index contributed by atoms with van der Waals surface area (Å²) in [5.74, 6) is -5.13. The third-order valence-electron chi connectivity index (χ3n) is 3.40. The maximum atomic E-state index is 13.3. The smallest absolute Gasteiger partial charge is 0.393 e. The van der Waals surface area contributed by atoms with Gasteiger partial charge in [-0.15, -0.1) is 0 Å². The Morgan fingerprint density at radius 2 is 1.89 bits per heavy atom. The molecular formula is C10H17F5N2O. The van der Waals surface area contributed by atoms with Crippen LogP contribution in [0.15, 0.2) is 0 Å². The predicted octanol–water partition coefficient (Wildman–Crippen LogP) is 1.21. The Hall–Kier alpha value is -0.470. The van der Waals surface area contributed by atoms with Crippen LogP contribution in [0.3, 0.4) is 0 Å². The lowest BCUT2D eigenvalue weighted by atomic mass is 10.0. The van der Waals surface area contributed by atoms with Crippen LogP contribution in [-0.2, 0) is 0 Å². The van der Waals surface area contributed by atoms with Crippen molar-refractivity contribution in [2.24, 2.45) is 11.7 Å². The molecule has 1 aliphatic heterocycles. The number of hydrogen-bond acceptors (Lipinski definition) is 3. The summed E-state index contributed by atoms with van der Waals surface area (Å²) in [6, 6.07) is -2.07. The Morgan fingerprint density at radius 1 is 1.33 bits per heavy atom. The standard InChI is InChI=1S/C10H17F5N2O/c1-6(18)7-2-3-17(5-7)8(4-16)9(11,12)10(13,14)15/h6-8,18H,2-5,16H2,1H3. The van der Waals surface area contributed by atoms with Gasteiger partial charge in [-0.05, 0) is 25.8 Å². The zero-order valence-corrected chi connectivity index (χ0v) is 9.92. The fourth-order valence-corrected chi connectivity index (χ4v) is 2.21. The molecule has 0 radical (unpaired) electrons. The minimum atomic E-state index is -5.61. The highest BCUT2D eigenvalue weighted by molar-refractivity contribution is 4.95. The second kappa shape index (κ2) is 5.26. The van der Waals surface area contributed by atoms with Gasteiger partial charge in [0, 0.05) is 13.1 Å². The molecule has 0 aliphatic carbocycles. The molecule has 8 heteroatoms. The van der Waals surface area contributed by atoms with Crippen LogP contribution in [-0.4, -0.2) is 53.9 Å². The van der Waals surface area contributed by atoms with E-state index in [2.05, 4.69) is 0 Å². The van der Waals surface area contributed by atoms with E-state index >= 15 is 0 Å². The molecule has 1 fully saturated rings. The topological polar surface area (TPSA) is 49.5 Å². The summed E-state index contributed by atoms with van der Waals surface area (Å²) < 4.78 is 63.4. The Labute approximate surface area is 102 Å². The molecular weight excluding hydrogens is 259 g/mol. The SMILES string of the molecule is CC(O)C1CCN(C(CN)C(F)(F)C(F)(F)F)C1. The Balaban J connectivity index is 2.80. The summed E-state index contributed by atoms with van der Waals surface area (Å²) in [5.41, 5.74) is 5.07. The van der Waals surface area contributed by atoms with E-state index < -0.39 is 30.8 Å². The van der Waals surface area contributed by atoms with Crippen molar-refractivity contribution in [1.82, 2.24) is 4.90 Å². The summed E-state index contributed by atoms with van der Waals surface area (Å²) in [4.78, 5) is 1.02. The van der Waals surface area contributed by atoms with Crippen LogP contribution in [0.2, 0.25) is 0 Å². The molecule has 0 aromatic heterocycles. The van der Waals surface area contributed by atoms with Crippen molar-refractivity contribution in [3.8, 4) is 0 Å². The fraction of sp³-hybridized carbons (Fsp3) is 1.00. The molecule has 0 amide bonds. The third kappa shape index (κ3) is 2.92. The number of halogens is 5. The van der Waals surface area contributed by atoms with Gasteiger partial charge in [0.05, 0.1) is 12.1 Å². The molecule has 108 valence electrons. The zero-order valence-electron chi connectivity index (χ0n) is 9.92. The van der Waals surface area contributed by atoms with Gasteiger partial charge in [-0.25, -0.2) is 0 Å². The fourth-order valence-electron chi connectivity index (χ4n) is 2.21. The molecule has 0 aromatic carbocycles. The van der Waals surface area contributed by atoms with Crippen LogP contribution in [0.25, 0.3) is 0 Å². The predicted molar refractivity (Wildman–Crippen MR) is 55.2 cm³/mol. The number of nitrogens with zero attached hydrogens (tertiary/aromatic N) is 1. The number of aliphatic hydroxyl groups is 1. The molecule has 18 heavy (non-hydrogen) atoms. The van der Waals surface area contributed by atoms with Crippen LogP contribution in [0.4, 0.5) is 22.0 Å². The molecule has 3 nitrogen and oxygen atoms in total. The van der Waals surface area contributed by atoms with Crippen molar-refractivity contribution in [2.75, 3.05) is 19.6 Å². The summed E-state index contributed by atoms with van der Waals surface area (Å²) in [5, 5.41) is 9.32. The van der Waals surface area contributed by atoms with Gasteiger partial charge in [0.1, 0.15) is 0 Å². The van der Waals surface area contributed by atoms with E-state index in [1.807, 2.05) is 0 Å². The molecule has 3 atom stereocenters. The van der Waals surface area contributed by atoms with Crippen LogP contribution >= 0.6 is 0 Å². The van der Waals surface area contributed by atoms with Gasteiger partial charge in [-0.2, -0.15) is 22.0 Å². The number of aliphatic hydroxyl groups excluding tert-OH is 1. The number of rotatable bonds is 4. The van der Waals surface area contributed by atoms with Crippen LogP contribution < -0.4 is 5.73 Å². The summed E-state index contributed by atoms with van der Waals surface area (Å²) in [6.07, 6.45) is -5.95. The van der Waals surface area contributed by atoms with E-state index in [0.717, 1.165) is 4.90 Å². The van der Waals surface area contributed by atoms with E-state index in [9.17, 15) is 27.1 Å². The van der Waals surface area contributed by atoms with E-state index in [1.54, 1.807) is 0 Å². The average molecular weight is 276 g/mol. The van der Waals surface area contributed by atoms with E-state index in [0.29, 0.717) is 6.42 Å². The van der Waals surface area contributed by atoms with Crippen LogP contribution in [0.5, 0.6) is 0 Å². The number of likely N-dealkylation sites (tertiary alicyclic amines) is 1. The molecule has 0 bridgehead atoms. The highest BCUT2D eigenvalue weighted by Crippen LogP contribution is 2.41. The molecule has 0 aromatic rings. The Morgan fingerprint density at radius 3 is 2.22 bits per heavy atom. The minimum Gasteiger partial charge on any atom is -0.393 e. The maximum absolute atomic E-state index is 13.3. The number of hydrogen-bond donors (Lipinski definition) is 2. The number of nitrogens with two attached hydrogens (primary N) is 1. The molecule has 1 rings (SSSR count). The van der Waals surface area contributed by atoms with Gasteiger partial charge in [-0.1, -0.05) is 0 Å². The van der Waals surface area contributed by atoms with Crippen molar-refractivity contribution < 1.29 is 27.1 Å². The molecule has 1 aliphatic rings. The van der Waals surface area contributed by atoms with Crippen molar-refractivity contribution in [3.05, 3.63) is 0 Å². The first-order valence-electron chi connectivity index (χ1n) is 5.68. The minimum absolute atomic E-state index is 0.00516. The highest BCUT2D eigenvalue weighted by Gasteiger charge is 2.63. The third-order valence-corrected chi connectivity index (χ3v) is 3.40. The monoisotopic (exact) mass is 276 g/mol.